The number of hydrogen-bond acceptors (Lipinski definition) is 5. The van der Waals surface area contributed by atoms with Gasteiger partial charge in [-0.15, -0.1) is 0 Å². The highest BCUT2D eigenvalue weighted by molar-refractivity contribution is 6.06. The second-order valence-corrected chi connectivity index (χ2v) is 7.36. The third kappa shape index (κ3) is 3.58. The van der Waals surface area contributed by atoms with Gasteiger partial charge in [-0.1, -0.05) is 0 Å². The van der Waals surface area contributed by atoms with Crippen LogP contribution in [0.4, 0.5) is 4.39 Å². The quantitative estimate of drug-likeness (QED) is 0.870. The van der Waals surface area contributed by atoms with E-state index in [0.29, 0.717) is 36.2 Å². The van der Waals surface area contributed by atoms with Crippen LogP contribution in [0, 0.1) is 17.1 Å². The zero-order valence-corrected chi connectivity index (χ0v) is 15.4. The molecular formula is C20H21FN4O3. The molecule has 2 aromatic rings. The summed E-state index contributed by atoms with van der Waals surface area (Å²) in [5.74, 6) is -0.715. The normalized spacial score (nSPS) is 22.5. The number of fused-ring (bicyclic) bond motifs is 1. The maximum Gasteiger partial charge on any atom is 0.255 e. The molecule has 0 bridgehead atoms. The number of nitrogens with zero attached hydrogens (tertiary/aromatic N) is 3. The number of amides is 2. The second kappa shape index (κ2) is 7.60. The summed E-state index contributed by atoms with van der Waals surface area (Å²) >= 11 is 0. The number of likely N-dealkylation sites (tertiary alicyclic amines) is 2. The van der Waals surface area contributed by atoms with Crippen LogP contribution in [0.1, 0.15) is 29.6 Å². The molecule has 0 spiro atoms. The molecule has 4 rings (SSSR count). The first-order valence-corrected chi connectivity index (χ1v) is 9.44. The van der Waals surface area contributed by atoms with Crippen LogP contribution in [-0.4, -0.2) is 59.9 Å². The molecule has 0 radical (unpaired) electrons. The summed E-state index contributed by atoms with van der Waals surface area (Å²) in [5.41, 5.74) is 0.708. The molecule has 2 atom stereocenters. The van der Waals surface area contributed by atoms with E-state index >= 15 is 0 Å². The maximum absolute atomic E-state index is 13.3. The van der Waals surface area contributed by atoms with E-state index in [9.17, 15) is 14.0 Å². The SMILES string of the molecule is N#CC1CCCN1C(=O)CN1CC[C@H](NC(=O)c2coc3cc(F)ccc23)C1. The van der Waals surface area contributed by atoms with Crippen LogP contribution in [0.3, 0.4) is 0 Å². The molecule has 7 nitrogen and oxygen atoms in total. The zero-order valence-electron chi connectivity index (χ0n) is 15.4. The van der Waals surface area contributed by atoms with E-state index in [1.54, 1.807) is 4.90 Å². The van der Waals surface area contributed by atoms with Crippen molar-refractivity contribution in [3.8, 4) is 6.07 Å². The van der Waals surface area contributed by atoms with Gasteiger partial charge in [0.1, 0.15) is 23.7 Å². The number of carbonyl (C=O) groups is 2. The van der Waals surface area contributed by atoms with E-state index in [1.807, 2.05) is 4.90 Å². The van der Waals surface area contributed by atoms with Crippen LogP contribution in [0.15, 0.2) is 28.9 Å². The Kier molecular flexibility index (Phi) is 5.01. The highest BCUT2D eigenvalue weighted by Crippen LogP contribution is 2.23. The lowest BCUT2D eigenvalue weighted by atomic mass is 10.1. The first kappa shape index (κ1) is 18.4. The van der Waals surface area contributed by atoms with E-state index in [0.717, 1.165) is 19.3 Å². The fourth-order valence-corrected chi connectivity index (χ4v) is 4.02. The summed E-state index contributed by atoms with van der Waals surface area (Å²) in [5, 5.41) is 12.7. The molecule has 1 N–H and O–H groups in total. The molecular weight excluding hydrogens is 363 g/mol. The summed E-state index contributed by atoms with van der Waals surface area (Å²) in [6.07, 6.45) is 3.69. The van der Waals surface area contributed by atoms with Gasteiger partial charge in [0.05, 0.1) is 18.2 Å². The molecule has 0 aliphatic carbocycles. The third-order valence-electron chi connectivity index (χ3n) is 5.47. The van der Waals surface area contributed by atoms with Gasteiger partial charge < -0.3 is 14.6 Å². The lowest BCUT2D eigenvalue weighted by Gasteiger charge is -2.23. The highest BCUT2D eigenvalue weighted by Gasteiger charge is 2.32. The predicted octanol–water partition coefficient (Wildman–Crippen LogP) is 1.89. The van der Waals surface area contributed by atoms with Crippen molar-refractivity contribution in [2.24, 2.45) is 0 Å². The minimum absolute atomic E-state index is 0.0288. The number of carbonyl (C=O) groups excluding carboxylic acids is 2. The number of nitrogens with one attached hydrogen (secondary N) is 1. The van der Waals surface area contributed by atoms with Gasteiger partial charge in [-0.2, -0.15) is 5.26 Å². The topological polar surface area (TPSA) is 89.6 Å². The van der Waals surface area contributed by atoms with Crippen molar-refractivity contribution in [1.29, 1.82) is 5.26 Å². The van der Waals surface area contributed by atoms with E-state index in [2.05, 4.69) is 11.4 Å². The fraction of sp³-hybridized carbons (Fsp3) is 0.450. The van der Waals surface area contributed by atoms with Crippen LogP contribution in [-0.2, 0) is 4.79 Å². The fourth-order valence-electron chi connectivity index (χ4n) is 4.02. The van der Waals surface area contributed by atoms with Crippen LogP contribution in [0.25, 0.3) is 11.0 Å². The number of halogens is 1. The predicted molar refractivity (Wildman–Crippen MR) is 98.8 cm³/mol. The molecule has 2 saturated heterocycles. The molecule has 146 valence electrons. The van der Waals surface area contributed by atoms with Crippen molar-refractivity contribution in [3.63, 3.8) is 0 Å². The van der Waals surface area contributed by atoms with Crippen molar-refractivity contribution in [3.05, 3.63) is 35.8 Å². The van der Waals surface area contributed by atoms with Crippen molar-refractivity contribution in [2.45, 2.75) is 31.3 Å². The van der Waals surface area contributed by atoms with E-state index in [4.69, 9.17) is 9.68 Å². The summed E-state index contributed by atoms with van der Waals surface area (Å²) in [6.45, 7) is 2.18. The van der Waals surface area contributed by atoms with Gasteiger partial charge in [0, 0.05) is 37.1 Å². The lowest BCUT2D eigenvalue weighted by Crippen LogP contribution is -2.43. The van der Waals surface area contributed by atoms with Crippen molar-refractivity contribution >= 4 is 22.8 Å². The molecule has 1 aromatic heterocycles. The Labute approximate surface area is 161 Å². The number of hydrogen-bond donors (Lipinski definition) is 1. The monoisotopic (exact) mass is 384 g/mol. The lowest BCUT2D eigenvalue weighted by molar-refractivity contribution is -0.132. The van der Waals surface area contributed by atoms with Crippen molar-refractivity contribution in [2.75, 3.05) is 26.2 Å². The van der Waals surface area contributed by atoms with Crippen LogP contribution in [0.2, 0.25) is 0 Å². The Morgan fingerprint density at radius 1 is 1.32 bits per heavy atom. The molecule has 0 saturated carbocycles. The molecule has 8 heteroatoms. The minimum Gasteiger partial charge on any atom is -0.463 e. The largest absolute Gasteiger partial charge is 0.463 e. The molecule has 3 heterocycles. The average Bonchev–Trinajstić information content (AvgIpc) is 3.40. The zero-order chi connectivity index (χ0) is 19.7. The van der Waals surface area contributed by atoms with Gasteiger partial charge in [0.15, 0.2) is 0 Å². The average molecular weight is 384 g/mol. The number of benzene rings is 1. The van der Waals surface area contributed by atoms with Gasteiger partial charge in [-0.25, -0.2) is 4.39 Å². The van der Waals surface area contributed by atoms with Crippen molar-refractivity contribution in [1.82, 2.24) is 15.1 Å². The molecule has 1 unspecified atom stereocenters. The Hall–Kier alpha value is -2.92. The third-order valence-corrected chi connectivity index (χ3v) is 5.47. The number of rotatable bonds is 4. The Bertz CT molecular complexity index is 951. The Morgan fingerprint density at radius 2 is 2.18 bits per heavy atom. The smallest absolute Gasteiger partial charge is 0.255 e. The Balaban J connectivity index is 1.33. The molecule has 1 aromatic carbocycles. The Morgan fingerprint density at radius 3 is 3.00 bits per heavy atom. The van der Waals surface area contributed by atoms with Crippen LogP contribution < -0.4 is 5.32 Å². The summed E-state index contributed by atoms with van der Waals surface area (Å²) < 4.78 is 18.5. The molecule has 2 amide bonds. The summed E-state index contributed by atoms with van der Waals surface area (Å²) in [7, 11) is 0. The maximum atomic E-state index is 13.3. The second-order valence-electron chi connectivity index (χ2n) is 7.36. The summed E-state index contributed by atoms with van der Waals surface area (Å²) in [4.78, 5) is 28.7. The van der Waals surface area contributed by atoms with Gasteiger partial charge in [0.2, 0.25) is 5.91 Å². The van der Waals surface area contributed by atoms with Crippen molar-refractivity contribution < 1.29 is 18.4 Å². The molecule has 2 fully saturated rings. The first-order chi connectivity index (χ1) is 13.5. The van der Waals surface area contributed by atoms with Gasteiger partial charge >= 0.3 is 0 Å². The molecule has 2 aliphatic heterocycles. The van der Waals surface area contributed by atoms with E-state index in [-0.39, 0.29) is 30.4 Å². The van der Waals surface area contributed by atoms with Gasteiger partial charge in [-0.3, -0.25) is 14.5 Å². The number of nitriles is 1. The first-order valence-electron chi connectivity index (χ1n) is 9.44. The highest BCUT2D eigenvalue weighted by atomic mass is 19.1. The van der Waals surface area contributed by atoms with Crippen LogP contribution in [0.5, 0.6) is 0 Å². The molecule has 2 aliphatic rings. The van der Waals surface area contributed by atoms with E-state index in [1.165, 1.54) is 24.5 Å². The summed E-state index contributed by atoms with van der Waals surface area (Å²) in [6, 6.07) is 5.88. The van der Waals surface area contributed by atoms with Gasteiger partial charge in [-0.05, 0) is 31.4 Å². The molecule has 28 heavy (non-hydrogen) atoms. The number of furan rings is 1. The minimum atomic E-state index is -0.415. The van der Waals surface area contributed by atoms with E-state index < -0.39 is 5.82 Å². The van der Waals surface area contributed by atoms with Gasteiger partial charge in [0.25, 0.3) is 5.91 Å². The van der Waals surface area contributed by atoms with Crippen LogP contribution >= 0.6 is 0 Å². The standard InChI is InChI=1S/C20H21FN4O3/c21-13-3-4-16-17(12-28-18(16)8-13)20(27)23-14-5-7-24(10-14)11-19(26)25-6-1-2-15(25)9-22/h3-4,8,12,14-15H,1-2,5-7,10-11H2,(H,23,27)/t14-,15?/m0/s1.